The highest BCUT2D eigenvalue weighted by atomic mass is 32.1. The molecular formula is C29H38N6O3S. The average Bonchev–Trinajstić information content (AvgIpc) is 3.30. The van der Waals surface area contributed by atoms with Gasteiger partial charge in [0.15, 0.2) is 6.10 Å². The number of ether oxygens (including phenoxy) is 1. The predicted octanol–water partition coefficient (Wildman–Crippen LogP) is 2.88. The van der Waals surface area contributed by atoms with Crippen molar-refractivity contribution in [2.45, 2.75) is 51.2 Å². The van der Waals surface area contributed by atoms with E-state index >= 15 is 0 Å². The molecule has 1 aromatic carbocycles. The number of nitrogens with one attached hydrogen (secondary N) is 3. The minimum Gasteiger partial charge on any atom is -0.397 e. The maximum Gasteiger partial charge on any atom is 0.263 e. The number of hydrogen-bond donors (Lipinski definition) is 4. The lowest BCUT2D eigenvalue weighted by Gasteiger charge is -2.35. The van der Waals surface area contributed by atoms with Crippen molar-refractivity contribution in [2.24, 2.45) is 0 Å². The number of benzene rings is 1. The Balaban J connectivity index is 1.12. The van der Waals surface area contributed by atoms with Crippen molar-refractivity contribution < 1.29 is 14.3 Å². The van der Waals surface area contributed by atoms with Crippen LogP contribution in [0.1, 0.15) is 47.1 Å². The van der Waals surface area contributed by atoms with Gasteiger partial charge in [-0.15, -0.1) is 11.3 Å². The number of rotatable bonds is 9. The average molecular weight is 551 g/mol. The van der Waals surface area contributed by atoms with E-state index in [-0.39, 0.29) is 17.9 Å². The highest BCUT2D eigenvalue weighted by molar-refractivity contribution is 7.21. The van der Waals surface area contributed by atoms with Gasteiger partial charge in [-0.2, -0.15) is 0 Å². The summed E-state index contributed by atoms with van der Waals surface area (Å²) >= 11 is 1.35. The fourth-order valence-electron chi connectivity index (χ4n) is 5.18. The molecule has 0 saturated carbocycles. The number of nitrogen functional groups attached to an aromatic ring is 1. The third-order valence-corrected chi connectivity index (χ3v) is 8.52. The van der Waals surface area contributed by atoms with Crippen molar-refractivity contribution in [1.29, 1.82) is 0 Å². The molecule has 0 spiro atoms. The summed E-state index contributed by atoms with van der Waals surface area (Å²) in [5, 5.41) is 10.3. The maximum absolute atomic E-state index is 12.8. The highest BCUT2D eigenvalue weighted by Crippen LogP contribution is 2.32. The summed E-state index contributed by atoms with van der Waals surface area (Å²) in [4.78, 5) is 33.8. The van der Waals surface area contributed by atoms with Crippen LogP contribution in [0.3, 0.4) is 0 Å². The molecule has 3 aromatic rings. The van der Waals surface area contributed by atoms with Gasteiger partial charge in [0.1, 0.15) is 9.71 Å². The minimum absolute atomic E-state index is 0.0181. The zero-order chi connectivity index (χ0) is 27.2. The lowest BCUT2D eigenvalue weighted by atomic mass is 10.1. The molecule has 2 amide bonds. The normalized spacial score (nSPS) is 18.3. The van der Waals surface area contributed by atoms with Gasteiger partial charge in [-0.3, -0.25) is 9.59 Å². The molecule has 39 heavy (non-hydrogen) atoms. The molecule has 4 heterocycles. The van der Waals surface area contributed by atoms with Gasteiger partial charge in [-0.25, -0.2) is 4.98 Å². The molecule has 208 valence electrons. The van der Waals surface area contributed by atoms with Gasteiger partial charge in [0.25, 0.3) is 11.8 Å². The summed E-state index contributed by atoms with van der Waals surface area (Å²) in [5.74, 6) is -0.179. The molecule has 0 aliphatic carbocycles. The molecule has 0 bridgehead atoms. The van der Waals surface area contributed by atoms with E-state index in [1.165, 1.54) is 11.3 Å². The lowest BCUT2D eigenvalue weighted by molar-refractivity contribution is -0.134. The zero-order valence-corrected chi connectivity index (χ0v) is 23.3. The first-order valence-electron chi connectivity index (χ1n) is 13.9. The van der Waals surface area contributed by atoms with Crippen LogP contribution >= 0.6 is 11.3 Å². The molecule has 2 aliphatic heterocycles. The van der Waals surface area contributed by atoms with Crippen LogP contribution in [0, 0.1) is 0 Å². The standard InChI is InChI=1S/C29H38N6O3S/c1-2-3-20-6-9-23-25(30)26(39-29(23)34-20)28(37)32-15-10-19-4-7-22(8-5-19)35-16-17-38-24(18-35)27(36)33-21-11-13-31-14-12-21/h4-9,21,24,31H,2-3,10-18,30H2,1H3,(H,32,37)(H,33,36). The number of aryl methyl sites for hydroxylation is 1. The molecule has 10 heteroatoms. The summed E-state index contributed by atoms with van der Waals surface area (Å²) in [5.41, 5.74) is 10.00. The minimum atomic E-state index is -0.460. The van der Waals surface area contributed by atoms with Gasteiger partial charge < -0.3 is 31.3 Å². The van der Waals surface area contributed by atoms with Crippen LogP contribution < -0.4 is 26.6 Å². The fraction of sp³-hybridized carbons (Fsp3) is 0.483. The van der Waals surface area contributed by atoms with Crippen LogP contribution in [0.4, 0.5) is 11.4 Å². The van der Waals surface area contributed by atoms with Gasteiger partial charge in [-0.1, -0.05) is 25.5 Å². The molecule has 1 unspecified atom stereocenters. The summed E-state index contributed by atoms with van der Waals surface area (Å²) in [6, 6.07) is 12.5. The van der Waals surface area contributed by atoms with E-state index in [1.807, 2.05) is 12.1 Å². The number of morpholine rings is 1. The van der Waals surface area contributed by atoms with Crippen molar-refractivity contribution in [3.05, 3.63) is 52.5 Å². The van der Waals surface area contributed by atoms with Crippen LogP contribution in [0.25, 0.3) is 10.2 Å². The largest absolute Gasteiger partial charge is 0.397 e. The molecular weight excluding hydrogens is 512 g/mol. The van der Waals surface area contributed by atoms with Crippen molar-refractivity contribution in [3.63, 3.8) is 0 Å². The third-order valence-electron chi connectivity index (χ3n) is 7.41. The van der Waals surface area contributed by atoms with Gasteiger partial charge >= 0.3 is 0 Å². The first-order chi connectivity index (χ1) is 19.0. The predicted molar refractivity (Wildman–Crippen MR) is 156 cm³/mol. The number of fused-ring (bicyclic) bond motifs is 1. The number of amides is 2. The number of hydrogen-bond acceptors (Lipinski definition) is 8. The molecule has 5 rings (SSSR count). The SMILES string of the molecule is CCCc1ccc2c(N)c(C(=O)NCCc3ccc(N4CCOC(C(=O)NC5CCNCC5)C4)cc3)sc2n1. The van der Waals surface area contributed by atoms with Gasteiger partial charge in [0, 0.05) is 35.9 Å². The summed E-state index contributed by atoms with van der Waals surface area (Å²) < 4.78 is 5.79. The Labute approximate surface area is 233 Å². The van der Waals surface area contributed by atoms with Gasteiger partial charge in [-0.05, 0) is 68.6 Å². The summed E-state index contributed by atoms with van der Waals surface area (Å²) in [7, 11) is 0. The van der Waals surface area contributed by atoms with E-state index < -0.39 is 6.10 Å². The topological polar surface area (TPSA) is 122 Å². The molecule has 2 saturated heterocycles. The summed E-state index contributed by atoms with van der Waals surface area (Å²) in [6.45, 7) is 6.32. The van der Waals surface area contributed by atoms with Crippen LogP contribution in [0.15, 0.2) is 36.4 Å². The first kappa shape index (κ1) is 27.4. The molecule has 0 radical (unpaired) electrons. The second-order valence-electron chi connectivity index (χ2n) is 10.3. The zero-order valence-electron chi connectivity index (χ0n) is 22.5. The third kappa shape index (κ3) is 6.69. The van der Waals surface area contributed by atoms with E-state index in [0.29, 0.717) is 36.7 Å². The van der Waals surface area contributed by atoms with E-state index in [1.54, 1.807) is 0 Å². The van der Waals surface area contributed by atoms with Gasteiger partial charge in [0.05, 0.1) is 18.8 Å². The number of nitrogens with zero attached hydrogens (tertiary/aromatic N) is 2. The summed E-state index contributed by atoms with van der Waals surface area (Å²) in [6.07, 6.45) is 4.10. The fourth-order valence-corrected chi connectivity index (χ4v) is 6.21. The van der Waals surface area contributed by atoms with E-state index in [4.69, 9.17) is 10.5 Å². The second kappa shape index (κ2) is 12.8. The second-order valence-corrected chi connectivity index (χ2v) is 11.3. The Bertz CT molecular complexity index is 1290. The van der Waals surface area contributed by atoms with Crippen LogP contribution in [-0.4, -0.2) is 68.3 Å². The van der Waals surface area contributed by atoms with Crippen molar-refractivity contribution in [2.75, 3.05) is 50.0 Å². The van der Waals surface area contributed by atoms with Crippen molar-refractivity contribution in [1.82, 2.24) is 20.9 Å². The number of carbonyl (C=O) groups excluding carboxylic acids is 2. The molecule has 2 fully saturated rings. The number of aromatic nitrogens is 1. The number of piperidine rings is 1. The van der Waals surface area contributed by atoms with E-state index in [2.05, 4.69) is 57.0 Å². The smallest absolute Gasteiger partial charge is 0.263 e. The Kier molecular flexibility index (Phi) is 8.95. The Morgan fingerprint density at radius 3 is 2.72 bits per heavy atom. The maximum atomic E-state index is 12.8. The molecule has 2 aliphatic rings. The Morgan fingerprint density at radius 1 is 1.15 bits per heavy atom. The molecule has 1 atom stereocenters. The van der Waals surface area contributed by atoms with Gasteiger partial charge in [0.2, 0.25) is 0 Å². The van der Waals surface area contributed by atoms with E-state index in [0.717, 1.165) is 72.5 Å². The molecule has 9 nitrogen and oxygen atoms in total. The molecule has 5 N–H and O–H groups in total. The molecule has 2 aromatic heterocycles. The Morgan fingerprint density at radius 2 is 1.95 bits per heavy atom. The Hall–Kier alpha value is -3.21. The van der Waals surface area contributed by atoms with Crippen molar-refractivity contribution >= 4 is 44.7 Å². The van der Waals surface area contributed by atoms with Crippen molar-refractivity contribution in [3.8, 4) is 0 Å². The van der Waals surface area contributed by atoms with Crippen LogP contribution in [0.5, 0.6) is 0 Å². The first-order valence-corrected chi connectivity index (χ1v) is 14.8. The van der Waals surface area contributed by atoms with Crippen LogP contribution in [0.2, 0.25) is 0 Å². The highest BCUT2D eigenvalue weighted by Gasteiger charge is 2.28. The van der Waals surface area contributed by atoms with Crippen LogP contribution in [-0.2, 0) is 22.4 Å². The number of pyridine rings is 1. The number of carbonyl (C=O) groups is 2. The number of thiophene rings is 1. The van der Waals surface area contributed by atoms with E-state index in [9.17, 15) is 9.59 Å². The monoisotopic (exact) mass is 550 g/mol. The number of anilines is 2. The lowest BCUT2D eigenvalue weighted by Crippen LogP contribution is -2.53. The number of nitrogens with two attached hydrogens (primary N) is 1. The quantitative estimate of drug-likeness (QED) is 0.323.